The number of urea groups is 1. The molecule has 0 radical (unpaired) electrons. The Balaban J connectivity index is 2.47. The molecular weight excluding hydrogens is 277 g/mol. The van der Waals surface area contributed by atoms with E-state index >= 15 is 0 Å². The van der Waals surface area contributed by atoms with Crippen LogP contribution in [0.15, 0.2) is 0 Å². The molecule has 8 heteroatoms. The third kappa shape index (κ3) is 6.63. The van der Waals surface area contributed by atoms with Crippen LogP contribution in [0.5, 0.6) is 0 Å². The fourth-order valence-electron chi connectivity index (χ4n) is 2.31. The van der Waals surface area contributed by atoms with Crippen LogP contribution in [-0.2, 0) is 4.79 Å². The van der Waals surface area contributed by atoms with E-state index in [0.29, 0.717) is 6.54 Å². The SMILES string of the molecule is O=C(O)CN(CC(F)(F)F)C(=O)NCC1CCCCC1. The molecule has 0 spiro atoms. The van der Waals surface area contributed by atoms with E-state index in [9.17, 15) is 22.8 Å². The summed E-state index contributed by atoms with van der Waals surface area (Å²) in [5.41, 5.74) is 0. The molecule has 2 amide bonds. The van der Waals surface area contributed by atoms with E-state index in [1.54, 1.807) is 0 Å². The van der Waals surface area contributed by atoms with Crippen LogP contribution in [0, 0.1) is 5.92 Å². The van der Waals surface area contributed by atoms with Crippen LogP contribution < -0.4 is 5.32 Å². The zero-order valence-electron chi connectivity index (χ0n) is 11.1. The molecule has 0 aromatic heterocycles. The second kappa shape index (κ2) is 7.35. The number of carboxylic acid groups (broad SMARTS) is 1. The molecule has 1 fully saturated rings. The molecular formula is C12H19F3N2O3. The number of carbonyl (C=O) groups excluding carboxylic acids is 1. The van der Waals surface area contributed by atoms with E-state index in [2.05, 4.69) is 5.32 Å². The molecule has 1 aliphatic rings. The molecule has 0 saturated heterocycles. The summed E-state index contributed by atoms with van der Waals surface area (Å²) in [5.74, 6) is -1.20. The van der Waals surface area contributed by atoms with E-state index < -0.39 is 31.3 Å². The molecule has 5 nitrogen and oxygen atoms in total. The molecule has 0 aromatic carbocycles. The van der Waals surface area contributed by atoms with Gasteiger partial charge in [-0.3, -0.25) is 4.79 Å². The predicted octanol–water partition coefficient (Wildman–Crippen LogP) is 2.23. The Morgan fingerprint density at radius 2 is 1.80 bits per heavy atom. The molecule has 0 unspecified atom stereocenters. The molecule has 0 bridgehead atoms. The highest BCUT2D eigenvalue weighted by Crippen LogP contribution is 2.23. The molecule has 2 N–H and O–H groups in total. The number of aliphatic carboxylic acids is 1. The van der Waals surface area contributed by atoms with E-state index in [4.69, 9.17) is 5.11 Å². The summed E-state index contributed by atoms with van der Waals surface area (Å²) in [4.78, 5) is 22.4. The van der Waals surface area contributed by atoms with Gasteiger partial charge in [0.15, 0.2) is 0 Å². The minimum absolute atomic E-state index is 0.269. The summed E-state index contributed by atoms with van der Waals surface area (Å²) >= 11 is 0. The Morgan fingerprint density at radius 1 is 1.20 bits per heavy atom. The zero-order valence-corrected chi connectivity index (χ0v) is 11.1. The number of carboxylic acids is 1. The number of hydrogen-bond acceptors (Lipinski definition) is 2. The van der Waals surface area contributed by atoms with Crippen LogP contribution in [-0.4, -0.2) is 47.8 Å². The minimum Gasteiger partial charge on any atom is -0.480 e. The molecule has 0 heterocycles. The van der Waals surface area contributed by atoms with Crippen molar-refractivity contribution in [3.05, 3.63) is 0 Å². The first-order valence-electron chi connectivity index (χ1n) is 6.59. The molecule has 116 valence electrons. The van der Waals surface area contributed by atoms with Crippen LogP contribution in [0.25, 0.3) is 0 Å². The van der Waals surface area contributed by atoms with Gasteiger partial charge in [-0.05, 0) is 18.8 Å². The topological polar surface area (TPSA) is 69.6 Å². The van der Waals surface area contributed by atoms with Crippen LogP contribution in [0.1, 0.15) is 32.1 Å². The number of nitrogens with zero attached hydrogens (tertiary/aromatic N) is 1. The lowest BCUT2D eigenvalue weighted by atomic mass is 9.89. The Bertz CT molecular complexity index is 341. The normalized spacial score (nSPS) is 16.8. The van der Waals surface area contributed by atoms with Crippen molar-refractivity contribution in [2.24, 2.45) is 5.92 Å². The highest BCUT2D eigenvalue weighted by Gasteiger charge is 2.34. The largest absolute Gasteiger partial charge is 0.480 e. The van der Waals surface area contributed by atoms with Gasteiger partial charge in [-0.25, -0.2) is 4.79 Å². The Hall–Kier alpha value is -1.47. The third-order valence-electron chi connectivity index (χ3n) is 3.25. The molecule has 1 rings (SSSR count). The number of hydrogen-bond donors (Lipinski definition) is 2. The first-order chi connectivity index (χ1) is 9.28. The number of rotatable bonds is 5. The van der Waals surface area contributed by atoms with Gasteiger partial charge in [-0.2, -0.15) is 13.2 Å². The molecule has 0 aliphatic heterocycles. The average molecular weight is 296 g/mol. The maximum atomic E-state index is 12.3. The number of nitrogens with one attached hydrogen (secondary N) is 1. The quantitative estimate of drug-likeness (QED) is 0.817. The van der Waals surface area contributed by atoms with E-state index in [0.717, 1.165) is 32.1 Å². The number of amides is 2. The van der Waals surface area contributed by atoms with Crippen molar-refractivity contribution in [1.82, 2.24) is 10.2 Å². The Labute approximate surface area is 115 Å². The van der Waals surface area contributed by atoms with E-state index in [1.165, 1.54) is 0 Å². The van der Waals surface area contributed by atoms with Gasteiger partial charge in [0.25, 0.3) is 0 Å². The van der Waals surface area contributed by atoms with Gasteiger partial charge in [-0.1, -0.05) is 19.3 Å². The highest BCUT2D eigenvalue weighted by atomic mass is 19.4. The minimum atomic E-state index is -4.61. The van der Waals surface area contributed by atoms with Crippen molar-refractivity contribution in [1.29, 1.82) is 0 Å². The van der Waals surface area contributed by atoms with Crippen molar-refractivity contribution in [2.75, 3.05) is 19.6 Å². The molecule has 1 aliphatic carbocycles. The lowest BCUT2D eigenvalue weighted by Crippen LogP contribution is -2.48. The zero-order chi connectivity index (χ0) is 15.2. The summed E-state index contributed by atoms with van der Waals surface area (Å²) in [6.07, 6.45) is 0.530. The fraction of sp³-hybridized carbons (Fsp3) is 0.833. The maximum absolute atomic E-state index is 12.3. The van der Waals surface area contributed by atoms with Crippen molar-refractivity contribution in [2.45, 2.75) is 38.3 Å². The van der Waals surface area contributed by atoms with Gasteiger partial charge in [0.1, 0.15) is 13.1 Å². The van der Waals surface area contributed by atoms with E-state index in [1.807, 2.05) is 0 Å². The van der Waals surface area contributed by atoms with Crippen molar-refractivity contribution >= 4 is 12.0 Å². The predicted molar refractivity (Wildman–Crippen MR) is 65.2 cm³/mol. The van der Waals surface area contributed by atoms with Crippen LogP contribution in [0.2, 0.25) is 0 Å². The van der Waals surface area contributed by atoms with Crippen LogP contribution >= 0.6 is 0 Å². The second-order valence-electron chi connectivity index (χ2n) is 5.06. The fourth-order valence-corrected chi connectivity index (χ4v) is 2.31. The summed E-state index contributed by atoms with van der Waals surface area (Å²) in [6, 6.07) is -0.977. The molecule has 0 atom stereocenters. The smallest absolute Gasteiger partial charge is 0.406 e. The molecule has 1 saturated carbocycles. The summed E-state index contributed by atoms with van der Waals surface area (Å²) in [6.45, 7) is -2.22. The summed E-state index contributed by atoms with van der Waals surface area (Å²) in [5, 5.41) is 11.0. The first-order valence-corrected chi connectivity index (χ1v) is 6.59. The van der Waals surface area contributed by atoms with E-state index in [-0.39, 0.29) is 10.8 Å². The third-order valence-corrected chi connectivity index (χ3v) is 3.25. The molecule has 0 aromatic rings. The standard InChI is InChI=1S/C12H19F3N2O3/c13-12(14,15)8-17(7-10(18)19)11(20)16-6-9-4-2-1-3-5-9/h9H,1-8H2,(H,16,20)(H,18,19). The first kappa shape index (κ1) is 16.6. The number of carbonyl (C=O) groups is 2. The number of halogens is 3. The van der Waals surface area contributed by atoms with Gasteiger partial charge in [0.05, 0.1) is 0 Å². The van der Waals surface area contributed by atoms with Crippen LogP contribution in [0.3, 0.4) is 0 Å². The van der Waals surface area contributed by atoms with Crippen LogP contribution in [0.4, 0.5) is 18.0 Å². The van der Waals surface area contributed by atoms with Gasteiger partial charge in [0.2, 0.25) is 0 Å². The van der Waals surface area contributed by atoms with Gasteiger partial charge in [0, 0.05) is 6.54 Å². The van der Waals surface area contributed by atoms with Gasteiger partial charge in [-0.15, -0.1) is 0 Å². The van der Waals surface area contributed by atoms with Crippen molar-refractivity contribution < 1.29 is 27.9 Å². The molecule has 20 heavy (non-hydrogen) atoms. The average Bonchev–Trinajstić information content (AvgIpc) is 2.34. The number of alkyl halides is 3. The maximum Gasteiger partial charge on any atom is 0.406 e. The summed E-state index contributed by atoms with van der Waals surface area (Å²) < 4.78 is 36.9. The Kier molecular flexibility index (Phi) is 6.09. The lowest BCUT2D eigenvalue weighted by Gasteiger charge is -2.25. The Morgan fingerprint density at radius 3 is 2.30 bits per heavy atom. The van der Waals surface area contributed by atoms with Gasteiger partial charge < -0.3 is 15.3 Å². The summed E-state index contributed by atoms with van der Waals surface area (Å²) in [7, 11) is 0. The highest BCUT2D eigenvalue weighted by molar-refractivity contribution is 5.80. The van der Waals surface area contributed by atoms with Crippen molar-refractivity contribution in [3.63, 3.8) is 0 Å². The lowest BCUT2D eigenvalue weighted by molar-refractivity contribution is -0.148. The second-order valence-corrected chi connectivity index (χ2v) is 5.06. The monoisotopic (exact) mass is 296 g/mol. The van der Waals surface area contributed by atoms with Crippen molar-refractivity contribution in [3.8, 4) is 0 Å². The van der Waals surface area contributed by atoms with Gasteiger partial charge >= 0.3 is 18.2 Å².